The molecule has 2 N–H and O–H groups in total. The lowest BCUT2D eigenvalue weighted by Crippen LogP contribution is -2.41. The number of anilines is 1. The SMILES string of the molecule is O=C(CN1c2cccc3cccc(c23)S1(=O)=O)NCCC(=O)NC1CCCCC1. The number of sulfonamides is 1. The highest BCUT2D eigenvalue weighted by Gasteiger charge is 2.36. The number of nitrogens with zero attached hydrogens (tertiary/aromatic N) is 1. The molecule has 0 aromatic heterocycles. The van der Waals surface area contributed by atoms with Crippen LogP contribution < -0.4 is 14.9 Å². The highest BCUT2D eigenvalue weighted by atomic mass is 32.2. The molecule has 0 bridgehead atoms. The molecular formula is C21H25N3O4S. The third-order valence-corrected chi connectivity index (χ3v) is 7.42. The molecule has 2 aromatic carbocycles. The van der Waals surface area contributed by atoms with Gasteiger partial charge in [0.2, 0.25) is 11.8 Å². The largest absolute Gasteiger partial charge is 0.354 e. The van der Waals surface area contributed by atoms with E-state index in [0.717, 1.165) is 35.4 Å². The van der Waals surface area contributed by atoms with Crippen molar-refractivity contribution in [3.8, 4) is 0 Å². The van der Waals surface area contributed by atoms with Gasteiger partial charge in [0.25, 0.3) is 10.0 Å². The molecule has 0 unspecified atom stereocenters. The van der Waals surface area contributed by atoms with E-state index >= 15 is 0 Å². The van der Waals surface area contributed by atoms with Crippen molar-refractivity contribution in [1.82, 2.24) is 10.6 Å². The maximum Gasteiger partial charge on any atom is 0.265 e. The minimum absolute atomic E-state index is 0.0804. The maximum atomic E-state index is 12.9. The lowest BCUT2D eigenvalue weighted by Gasteiger charge is -2.22. The summed E-state index contributed by atoms with van der Waals surface area (Å²) < 4.78 is 26.9. The quantitative estimate of drug-likeness (QED) is 0.757. The number of hydrogen-bond donors (Lipinski definition) is 2. The number of nitrogens with one attached hydrogen (secondary N) is 2. The molecule has 1 aliphatic heterocycles. The first kappa shape index (κ1) is 19.7. The van der Waals surface area contributed by atoms with Crippen LogP contribution in [0.4, 0.5) is 5.69 Å². The second-order valence-corrected chi connectivity index (χ2v) is 9.48. The second kappa shape index (κ2) is 8.02. The van der Waals surface area contributed by atoms with Crippen LogP contribution in [0.25, 0.3) is 10.8 Å². The van der Waals surface area contributed by atoms with Gasteiger partial charge in [-0.3, -0.25) is 13.9 Å². The van der Waals surface area contributed by atoms with Crippen LogP contribution in [0, 0.1) is 0 Å². The Hall–Kier alpha value is -2.61. The van der Waals surface area contributed by atoms with Crippen LogP contribution in [0.5, 0.6) is 0 Å². The molecule has 29 heavy (non-hydrogen) atoms. The first-order valence-corrected chi connectivity index (χ1v) is 11.5. The molecule has 0 spiro atoms. The number of carbonyl (C=O) groups excluding carboxylic acids is 2. The highest BCUT2D eigenvalue weighted by Crippen LogP contribution is 2.41. The summed E-state index contributed by atoms with van der Waals surface area (Å²) in [4.78, 5) is 24.7. The fourth-order valence-corrected chi connectivity index (χ4v) is 5.84. The van der Waals surface area contributed by atoms with Gasteiger partial charge in [-0.15, -0.1) is 0 Å². The van der Waals surface area contributed by atoms with Gasteiger partial charge in [-0.1, -0.05) is 43.5 Å². The molecule has 7 nitrogen and oxygen atoms in total. The molecule has 2 amide bonds. The van der Waals surface area contributed by atoms with Gasteiger partial charge in [-0.2, -0.15) is 0 Å². The predicted octanol–water partition coefficient (Wildman–Crippen LogP) is 2.30. The Morgan fingerprint density at radius 1 is 1.00 bits per heavy atom. The zero-order valence-corrected chi connectivity index (χ0v) is 17.0. The van der Waals surface area contributed by atoms with Crippen LogP contribution in [-0.2, 0) is 19.6 Å². The molecule has 0 atom stereocenters. The zero-order chi connectivity index (χ0) is 20.4. The molecule has 1 heterocycles. The van der Waals surface area contributed by atoms with E-state index in [9.17, 15) is 18.0 Å². The standard InChI is InChI=1S/C21H25N3O4S/c25-19(23-16-8-2-1-3-9-16)12-13-22-20(26)14-24-17-10-4-6-15-7-5-11-18(21(15)17)29(24,27)28/h4-7,10-11,16H,1-3,8-9,12-14H2,(H,22,26)(H,23,25). The van der Waals surface area contributed by atoms with E-state index in [1.165, 1.54) is 6.42 Å². The smallest absolute Gasteiger partial charge is 0.265 e. The van der Waals surface area contributed by atoms with Crippen molar-refractivity contribution in [3.63, 3.8) is 0 Å². The summed E-state index contributed by atoms with van der Waals surface area (Å²) in [6.45, 7) is -0.122. The van der Waals surface area contributed by atoms with Crippen LogP contribution in [0.1, 0.15) is 38.5 Å². The van der Waals surface area contributed by atoms with Crippen molar-refractivity contribution in [2.75, 3.05) is 17.4 Å². The Morgan fingerprint density at radius 2 is 1.72 bits per heavy atom. The van der Waals surface area contributed by atoms with Gasteiger partial charge in [0.1, 0.15) is 6.54 Å². The van der Waals surface area contributed by atoms with Crippen LogP contribution in [-0.4, -0.2) is 39.4 Å². The van der Waals surface area contributed by atoms with Crippen LogP contribution >= 0.6 is 0 Å². The molecule has 1 saturated carbocycles. The Balaban J connectivity index is 1.34. The summed E-state index contributed by atoms with van der Waals surface area (Å²) in [6, 6.07) is 10.7. The molecular weight excluding hydrogens is 390 g/mol. The fourth-order valence-electron chi connectivity index (χ4n) is 4.18. The van der Waals surface area contributed by atoms with E-state index in [0.29, 0.717) is 11.1 Å². The van der Waals surface area contributed by atoms with E-state index in [4.69, 9.17) is 0 Å². The van der Waals surface area contributed by atoms with E-state index in [2.05, 4.69) is 10.6 Å². The molecule has 2 aromatic rings. The monoisotopic (exact) mass is 415 g/mol. The summed E-state index contributed by atoms with van der Waals surface area (Å²) in [7, 11) is -3.76. The normalized spacial score (nSPS) is 18.0. The summed E-state index contributed by atoms with van der Waals surface area (Å²) in [6.07, 6.45) is 5.71. The van der Waals surface area contributed by atoms with Gasteiger partial charge in [0.15, 0.2) is 0 Å². The molecule has 0 radical (unpaired) electrons. The molecule has 0 saturated heterocycles. The van der Waals surface area contributed by atoms with Gasteiger partial charge >= 0.3 is 0 Å². The Bertz CT molecular complexity index is 1040. The van der Waals surface area contributed by atoms with Gasteiger partial charge in [-0.25, -0.2) is 8.42 Å². The first-order valence-electron chi connectivity index (χ1n) is 10.1. The number of rotatable bonds is 6. The van der Waals surface area contributed by atoms with E-state index < -0.39 is 15.9 Å². The average molecular weight is 416 g/mol. The van der Waals surface area contributed by atoms with Crippen LogP contribution in [0.15, 0.2) is 41.3 Å². The third kappa shape index (κ3) is 3.94. The number of hydrogen-bond acceptors (Lipinski definition) is 4. The Labute approximate surface area is 170 Å². The lowest BCUT2D eigenvalue weighted by atomic mass is 9.95. The maximum absolute atomic E-state index is 12.9. The predicted molar refractivity (Wildman–Crippen MR) is 111 cm³/mol. The van der Waals surface area contributed by atoms with Crippen molar-refractivity contribution >= 4 is 38.3 Å². The van der Waals surface area contributed by atoms with E-state index in [1.807, 2.05) is 12.1 Å². The third-order valence-electron chi connectivity index (χ3n) is 5.61. The molecule has 1 aliphatic carbocycles. The van der Waals surface area contributed by atoms with Crippen molar-refractivity contribution in [3.05, 3.63) is 36.4 Å². The van der Waals surface area contributed by atoms with E-state index in [1.54, 1.807) is 24.3 Å². The highest BCUT2D eigenvalue weighted by molar-refractivity contribution is 7.93. The van der Waals surface area contributed by atoms with Gasteiger partial charge in [-0.05, 0) is 30.4 Å². The summed E-state index contributed by atoms with van der Waals surface area (Å²) in [5, 5.41) is 7.15. The molecule has 8 heteroatoms. The minimum Gasteiger partial charge on any atom is -0.354 e. The van der Waals surface area contributed by atoms with Crippen molar-refractivity contribution in [2.45, 2.75) is 49.5 Å². The number of benzene rings is 2. The Morgan fingerprint density at radius 3 is 2.48 bits per heavy atom. The summed E-state index contributed by atoms with van der Waals surface area (Å²) >= 11 is 0. The zero-order valence-electron chi connectivity index (χ0n) is 16.2. The average Bonchev–Trinajstić information content (AvgIpc) is 2.92. The van der Waals surface area contributed by atoms with Crippen molar-refractivity contribution in [2.24, 2.45) is 0 Å². The summed E-state index contributed by atoms with van der Waals surface area (Å²) in [5.41, 5.74) is 0.517. The van der Waals surface area contributed by atoms with Crippen molar-refractivity contribution < 1.29 is 18.0 Å². The van der Waals surface area contributed by atoms with Gasteiger partial charge in [0, 0.05) is 24.4 Å². The molecule has 4 rings (SSSR count). The second-order valence-electron chi connectivity index (χ2n) is 7.65. The van der Waals surface area contributed by atoms with Gasteiger partial charge in [0.05, 0.1) is 10.6 Å². The fraction of sp³-hybridized carbons (Fsp3) is 0.429. The van der Waals surface area contributed by atoms with Gasteiger partial charge < -0.3 is 10.6 Å². The molecule has 2 aliphatic rings. The van der Waals surface area contributed by atoms with Crippen LogP contribution in [0.2, 0.25) is 0 Å². The molecule has 154 valence electrons. The summed E-state index contributed by atoms with van der Waals surface area (Å²) in [5.74, 6) is -0.507. The first-order chi connectivity index (χ1) is 14.0. The molecule has 1 fully saturated rings. The minimum atomic E-state index is -3.76. The van der Waals surface area contributed by atoms with Crippen LogP contribution in [0.3, 0.4) is 0 Å². The van der Waals surface area contributed by atoms with E-state index in [-0.39, 0.29) is 36.4 Å². The topological polar surface area (TPSA) is 95.6 Å². The number of amides is 2. The lowest BCUT2D eigenvalue weighted by molar-refractivity contribution is -0.122. The number of carbonyl (C=O) groups is 2. The Kier molecular flexibility index (Phi) is 5.45. The van der Waals surface area contributed by atoms with Crippen molar-refractivity contribution in [1.29, 1.82) is 0 Å².